The third-order valence-electron chi connectivity index (χ3n) is 0.655. The zero-order valence-electron chi connectivity index (χ0n) is 5.72. The van der Waals surface area contributed by atoms with E-state index in [1.807, 2.05) is 0 Å². The summed E-state index contributed by atoms with van der Waals surface area (Å²) < 4.78 is 0. The van der Waals surface area contributed by atoms with E-state index < -0.39 is 0 Å². The fourth-order valence-electron chi connectivity index (χ4n) is 0.393. The molecule has 0 atom stereocenters. The zero-order valence-corrected chi connectivity index (χ0v) is 7.14. The summed E-state index contributed by atoms with van der Waals surface area (Å²) in [5.74, 6) is 0. The molecule has 0 fully saturated rings. The van der Waals surface area contributed by atoms with E-state index in [9.17, 15) is 0 Å². The summed E-state index contributed by atoms with van der Waals surface area (Å²) in [4.78, 5) is 0. The molecule has 0 N–H and O–H groups in total. The van der Waals surface area contributed by atoms with Crippen LogP contribution in [0, 0.1) is 0 Å². The van der Waals surface area contributed by atoms with E-state index in [1.165, 1.54) is 0 Å². The first-order chi connectivity index (χ1) is 3.91. The Balaban J connectivity index is 0.000000145. The lowest BCUT2D eigenvalue weighted by Crippen LogP contribution is -1.53. The fourth-order valence-corrected chi connectivity index (χ4v) is 0.393. The molecule has 0 nitrogen and oxygen atoms in total. The van der Waals surface area contributed by atoms with Crippen LogP contribution in [0.4, 0.5) is 0 Å². The molecule has 1 aliphatic carbocycles. The van der Waals surface area contributed by atoms with Crippen LogP contribution in [0.1, 0.15) is 6.42 Å². The quantitative estimate of drug-likeness (QED) is 0.434. The van der Waals surface area contributed by atoms with Crippen molar-refractivity contribution < 1.29 is 0 Å². The van der Waals surface area contributed by atoms with Crippen molar-refractivity contribution in [2.45, 2.75) is 19.5 Å². The maximum atomic E-state index is 2.26. The van der Waals surface area contributed by atoms with E-state index in [0.717, 1.165) is 6.42 Å². The van der Waals surface area contributed by atoms with Crippen LogP contribution < -0.4 is 0 Å². The van der Waals surface area contributed by atoms with Crippen molar-refractivity contribution in [2.75, 3.05) is 0 Å². The van der Waals surface area contributed by atoms with E-state index in [2.05, 4.69) is 37.4 Å². The van der Waals surface area contributed by atoms with Gasteiger partial charge in [-0.05, 0) is 6.42 Å². The Morgan fingerprint density at radius 3 is 1.62 bits per heavy atom. The smallest absolute Gasteiger partial charge is 0.0135 e. The van der Waals surface area contributed by atoms with Gasteiger partial charge in [0.05, 0.1) is 0 Å². The molecule has 0 aliphatic heterocycles. The molecule has 0 heterocycles. The Morgan fingerprint density at radius 2 is 1.50 bits per heavy atom. The third-order valence-corrected chi connectivity index (χ3v) is 0.655. The number of rotatable bonds is 0. The second-order valence-electron chi connectivity index (χ2n) is 1.80. The van der Waals surface area contributed by atoms with E-state index in [0.29, 0.717) is 9.52 Å². The normalized spacial score (nSPS) is 13.2. The van der Waals surface area contributed by atoms with Crippen molar-refractivity contribution in [3.05, 3.63) is 24.3 Å². The van der Waals surface area contributed by atoms with E-state index in [4.69, 9.17) is 0 Å². The molecule has 8 heavy (non-hydrogen) atoms. The Kier molecular flexibility index (Phi) is 6.44. The van der Waals surface area contributed by atoms with Crippen molar-refractivity contribution in [1.82, 2.24) is 0 Å². The molecule has 1 heteroatoms. The van der Waals surface area contributed by atoms with Crippen LogP contribution in [0.3, 0.4) is 0 Å². The summed E-state index contributed by atoms with van der Waals surface area (Å²) in [6.07, 6.45) is 9.50. The van der Waals surface area contributed by atoms with Gasteiger partial charge in [-0.2, -0.15) is 0 Å². The molecule has 0 saturated carbocycles. The van der Waals surface area contributed by atoms with Crippen LogP contribution >= 0.6 is 0 Å². The van der Waals surface area contributed by atoms with Crippen molar-refractivity contribution in [2.24, 2.45) is 0 Å². The molecule has 46 valence electrons. The second-order valence-corrected chi connectivity index (χ2v) is 3.21. The third kappa shape index (κ3) is 5.70. The standard InChI is InChI=1S/C5H6.C2H8Si/c1-2-4-5-3-1;1-3-2/h1-4H,5H2;3H2,1-2H3. The highest BCUT2D eigenvalue weighted by molar-refractivity contribution is 6.31. The van der Waals surface area contributed by atoms with Crippen LogP contribution in [0.15, 0.2) is 24.3 Å². The van der Waals surface area contributed by atoms with E-state index >= 15 is 0 Å². The molecule has 0 radical (unpaired) electrons. The van der Waals surface area contributed by atoms with Gasteiger partial charge in [0.1, 0.15) is 0 Å². The highest BCUT2D eigenvalue weighted by Crippen LogP contribution is 1.93. The van der Waals surface area contributed by atoms with Crippen molar-refractivity contribution >= 4 is 9.52 Å². The van der Waals surface area contributed by atoms with Crippen LogP contribution in [0.25, 0.3) is 0 Å². The molecular formula is C7H14Si. The SMILES string of the molecule is C1=CCC=C1.C[SiH2]C. The molecule has 0 aromatic rings. The van der Waals surface area contributed by atoms with Crippen LogP contribution in [0.2, 0.25) is 13.1 Å². The lowest BCUT2D eigenvalue weighted by atomic mass is 10.5. The Morgan fingerprint density at radius 1 is 1.12 bits per heavy atom. The van der Waals surface area contributed by atoms with Gasteiger partial charge in [-0.1, -0.05) is 37.4 Å². The highest BCUT2D eigenvalue weighted by atomic mass is 28.2. The van der Waals surface area contributed by atoms with Crippen molar-refractivity contribution in [3.63, 3.8) is 0 Å². The predicted molar refractivity (Wildman–Crippen MR) is 43.2 cm³/mol. The zero-order chi connectivity index (χ0) is 6.24. The summed E-state index contributed by atoms with van der Waals surface area (Å²) in [7, 11) is 0.417. The van der Waals surface area contributed by atoms with Crippen LogP contribution in [-0.4, -0.2) is 9.52 Å². The van der Waals surface area contributed by atoms with Gasteiger partial charge in [-0.15, -0.1) is 0 Å². The minimum atomic E-state index is 0.417. The first kappa shape index (κ1) is 7.70. The lowest BCUT2D eigenvalue weighted by Gasteiger charge is -1.57. The molecule has 0 saturated heterocycles. The summed E-state index contributed by atoms with van der Waals surface area (Å²) >= 11 is 0. The van der Waals surface area contributed by atoms with Crippen LogP contribution in [-0.2, 0) is 0 Å². The average molecular weight is 126 g/mol. The first-order valence-electron chi connectivity index (χ1n) is 3.23. The fraction of sp³-hybridized carbons (Fsp3) is 0.429. The molecule has 0 spiro atoms. The van der Waals surface area contributed by atoms with Gasteiger partial charge >= 0.3 is 0 Å². The van der Waals surface area contributed by atoms with E-state index in [-0.39, 0.29) is 0 Å². The van der Waals surface area contributed by atoms with E-state index in [1.54, 1.807) is 0 Å². The average Bonchev–Trinajstić information content (AvgIpc) is 2.17. The molecule has 0 unspecified atom stereocenters. The molecule has 1 aliphatic rings. The molecule has 0 amide bonds. The molecule has 0 aromatic heterocycles. The Hall–Kier alpha value is -0.303. The molecular weight excluding hydrogens is 112 g/mol. The first-order valence-corrected chi connectivity index (χ1v) is 6.06. The van der Waals surface area contributed by atoms with Crippen molar-refractivity contribution in [3.8, 4) is 0 Å². The maximum Gasteiger partial charge on any atom is 0.0135 e. The lowest BCUT2D eigenvalue weighted by molar-refractivity contribution is 1.45. The van der Waals surface area contributed by atoms with Gasteiger partial charge in [-0.3, -0.25) is 0 Å². The van der Waals surface area contributed by atoms with Gasteiger partial charge in [0.2, 0.25) is 0 Å². The topological polar surface area (TPSA) is 0 Å². The molecule has 0 bridgehead atoms. The minimum absolute atomic E-state index is 0.417. The van der Waals surface area contributed by atoms with Crippen LogP contribution in [0.5, 0.6) is 0 Å². The van der Waals surface area contributed by atoms with Gasteiger partial charge < -0.3 is 0 Å². The van der Waals surface area contributed by atoms with Gasteiger partial charge in [0.25, 0.3) is 0 Å². The van der Waals surface area contributed by atoms with Crippen molar-refractivity contribution in [1.29, 1.82) is 0 Å². The summed E-state index contributed by atoms with van der Waals surface area (Å²) in [5.41, 5.74) is 0. The predicted octanol–water partition coefficient (Wildman–Crippen LogP) is 1.75. The van der Waals surface area contributed by atoms with Gasteiger partial charge in [0.15, 0.2) is 0 Å². The number of hydrogen-bond donors (Lipinski definition) is 0. The van der Waals surface area contributed by atoms with Gasteiger partial charge in [0, 0.05) is 9.52 Å². The molecule has 1 rings (SSSR count). The summed E-state index contributed by atoms with van der Waals surface area (Å²) in [5, 5.41) is 0. The summed E-state index contributed by atoms with van der Waals surface area (Å²) in [6, 6.07) is 0. The molecule has 0 aromatic carbocycles. The Labute approximate surface area is 54.1 Å². The number of allylic oxidation sites excluding steroid dienone is 4. The maximum absolute atomic E-state index is 2.26. The van der Waals surface area contributed by atoms with Gasteiger partial charge in [-0.25, -0.2) is 0 Å². The minimum Gasteiger partial charge on any atom is -0.0808 e. The number of hydrogen-bond acceptors (Lipinski definition) is 0. The second kappa shape index (κ2) is 6.70. The highest BCUT2D eigenvalue weighted by Gasteiger charge is 1.72. The Bertz CT molecular complexity index is 72.4. The summed E-state index contributed by atoms with van der Waals surface area (Å²) in [6.45, 7) is 4.53. The monoisotopic (exact) mass is 126 g/mol. The largest absolute Gasteiger partial charge is 0.0808 e.